The SMILES string of the molecule is CC1CN(C=O)C(C(C)(C)O)CO1. The number of carbonyl (C=O) groups excluding carboxylic acids is 1. The summed E-state index contributed by atoms with van der Waals surface area (Å²) < 4.78 is 5.39. The molecule has 13 heavy (non-hydrogen) atoms. The highest BCUT2D eigenvalue weighted by atomic mass is 16.5. The number of ether oxygens (including phenoxy) is 1. The van der Waals surface area contributed by atoms with Gasteiger partial charge in [0, 0.05) is 6.54 Å². The fourth-order valence-corrected chi connectivity index (χ4v) is 1.55. The van der Waals surface area contributed by atoms with Crippen LogP contribution >= 0.6 is 0 Å². The monoisotopic (exact) mass is 187 g/mol. The van der Waals surface area contributed by atoms with Crippen LogP contribution in [0.2, 0.25) is 0 Å². The Bertz CT molecular complexity index is 188. The zero-order valence-corrected chi connectivity index (χ0v) is 8.36. The molecule has 1 aliphatic rings. The predicted octanol–water partition coefficient (Wildman–Crippen LogP) is 0.00300. The zero-order chi connectivity index (χ0) is 10.1. The quantitative estimate of drug-likeness (QED) is 0.619. The van der Waals surface area contributed by atoms with Gasteiger partial charge in [0.05, 0.1) is 24.4 Å². The van der Waals surface area contributed by atoms with E-state index in [1.54, 1.807) is 18.7 Å². The van der Waals surface area contributed by atoms with Crippen LogP contribution in [0.4, 0.5) is 0 Å². The van der Waals surface area contributed by atoms with Crippen LogP contribution in [-0.2, 0) is 9.53 Å². The van der Waals surface area contributed by atoms with Crippen LogP contribution in [0.1, 0.15) is 20.8 Å². The highest BCUT2D eigenvalue weighted by Crippen LogP contribution is 2.19. The summed E-state index contributed by atoms with van der Waals surface area (Å²) >= 11 is 0. The van der Waals surface area contributed by atoms with Crippen molar-refractivity contribution in [2.75, 3.05) is 13.2 Å². The van der Waals surface area contributed by atoms with Crippen molar-refractivity contribution in [2.45, 2.75) is 38.5 Å². The van der Waals surface area contributed by atoms with E-state index < -0.39 is 5.60 Å². The van der Waals surface area contributed by atoms with Gasteiger partial charge in [-0.25, -0.2) is 0 Å². The molecule has 1 amide bonds. The van der Waals surface area contributed by atoms with E-state index >= 15 is 0 Å². The van der Waals surface area contributed by atoms with E-state index in [2.05, 4.69) is 0 Å². The molecule has 2 unspecified atom stereocenters. The molecule has 0 aliphatic carbocycles. The number of morpholine rings is 1. The van der Waals surface area contributed by atoms with Crippen molar-refractivity contribution in [3.8, 4) is 0 Å². The normalized spacial score (nSPS) is 30.3. The molecule has 0 aromatic rings. The van der Waals surface area contributed by atoms with Crippen LogP contribution in [0.25, 0.3) is 0 Å². The minimum Gasteiger partial charge on any atom is -0.388 e. The Labute approximate surface area is 78.5 Å². The second kappa shape index (κ2) is 3.64. The standard InChI is InChI=1S/C9H17NO3/c1-7-4-10(6-11)8(5-13-7)9(2,3)12/h6-8,12H,4-5H2,1-3H3. The van der Waals surface area contributed by atoms with Gasteiger partial charge in [-0.1, -0.05) is 0 Å². The molecule has 76 valence electrons. The number of amides is 1. The molecule has 4 nitrogen and oxygen atoms in total. The van der Waals surface area contributed by atoms with Crippen molar-refractivity contribution in [3.05, 3.63) is 0 Å². The van der Waals surface area contributed by atoms with Crippen LogP contribution in [0.3, 0.4) is 0 Å². The number of carbonyl (C=O) groups is 1. The molecule has 0 aromatic heterocycles. The Morgan fingerprint density at radius 1 is 1.62 bits per heavy atom. The Balaban J connectivity index is 2.68. The third-order valence-corrected chi connectivity index (χ3v) is 2.36. The van der Waals surface area contributed by atoms with Gasteiger partial charge in [0.25, 0.3) is 0 Å². The first kappa shape index (κ1) is 10.5. The number of hydrogen-bond donors (Lipinski definition) is 1. The maximum atomic E-state index is 10.7. The van der Waals surface area contributed by atoms with E-state index in [0.29, 0.717) is 13.2 Å². The van der Waals surface area contributed by atoms with Crippen molar-refractivity contribution in [1.29, 1.82) is 0 Å². The Morgan fingerprint density at radius 2 is 2.23 bits per heavy atom. The first-order chi connectivity index (χ1) is 5.95. The van der Waals surface area contributed by atoms with E-state index in [9.17, 15) is 9.90 Å². The summed E-state index contributed by atoms with van der Waals surface area (Å²) in [5, 5.41) is 9.75. The molecule has 1 rings (SSSR count). The van der Waals surface area contributed by atoms with Gasteiger partial charge < -0.3 is 14.7 Å². The minimum absolute atomic E-state index is 0.0591. The van der Waals surface area contributed by atoms with Crippen molar-refractivity contribution in [1.82, 2.24) is 4.90 Å². The van der Waals surface area contributed by atoms with Crippen molar-refractivity contribution >= 4 is 6.41 Å². The summed E-state index contributed by atoms with van der Waals surface area (Å²) in [6.07, 6.45) is 0.838. The van der Waals surface area contributed by atoms with Crippen molar-refractivity contribution in [3.63, 3.8) is 0 Å². The van der Waals surface area contributed by atoms with Gasteiger partial charge in [-0.2, -0.15) is 0 Å². The number of hydrogen-bond acceptors (Lipinski definition) is 3. The zero-order valence-electron chi connectivity index (χ0n) is 8.36. The number of aliphatic hydroxyl groups is 1. The third-order valence-electron chi connectivity index (χ3n) is 2.36. The average molecular weight is 187 g/mol. The van der Waals surface area contributed by atoms with Crippen LogP contribution in [0.15, 0.2) is 0 Å². The maximum absolute atomic E-state index is 10.7. The van der Waals surface area contributed by atoms with Crippen LogP contribution in [0, 0.1) is 0 Å². The van der Waals surface area contributed by atoms with Gasteiger partial charge in [-0.05, 0) is 20.8 Å². The van der Waals surface area contributed by atoms with Gasteiger partial charge in [-0.3, -0.25) is 4.79 Å². The van der Waals surface area contributed by atoms with E-state index in [1.807, 2.05) is 6.92 Å². The lowest BCUT2D eigenvalue weighted by Crippen LogP contribution is -2.57. The van der Waals surface area contributed by atoms with E-state index in [4.69, 9.17) is 4.74 Å². The molecule has 1 heterocycles. The van der Waals surface area contributed by atoms with E-state index in [0.717, 1.165) is 6.41 Å². The molecule has 2 atom stereocenters. The summed E-state index contributed by atoms with van der Waals surface area (Å²) in [7, 11) is 0. The third kappa shape index (κ3) is 2.42. The van der Waals surface area contributed by atoms with Crippen LogP contribution in [-0.4, -0.2) is 47.3 Å². The highest BCUT2D eigenvalue weighted by molar-refractivity contribution is 5.48. The second-order valence-electron chi connectivity index (χ2n) is 4.12. The summed E-state index contributed by atoms with van der Waals surface area (Å²) in [6.45, 7) is 6.25. The molecule has 4 heteroatoms. The summed E-state index contributed by atoms with van der Waals surface area (Å²) in [4.78, 5) is 12.3. The van der Waals surface area contributed by atoms with E-state index in [1.165, 1.54) is 0 Å². The lowest BCUT2D eigenvalue weighted by atomic mass is 9.97. The first-order valence-electron chi connectivity index (χ1n) is 4.50. The number of nitrogens with zero attached hydrogens (tertiary/aromatic N) is 1. The Kier molecular flexibility index (Phi) is 2.93. The fraction of sp³-hybridized carbons (Fsp3) is 0.889. The van der Waals surface area contributed by atoms with Gasteiger partial charge in [-0.15, -0.1) is 0 Å². The summed E-state index contributed by atoms with van der Waals surface area (Å²) in [6, 6.07) is -0.235. The smallest absolute Gasteiger partial charge is 0.210 e. The molecule has 1 aliphatic heterocycles. The largest absolute Gasteiger partial charge is 0.388 e. The molecular weight excluding hydrogens is 170 g/mol. The molecule has 0 spiro atoms. The highest BCUT2D eigenvalue weighted by Gasteiger charge is 2.36. The maximum Gasteiger partial charge on any atom is 0.210 e. The van der Waals surface area contributed by atoms with Crippen molar-refractivity contribution in [2.24, 2.45) is 0 Å². The van der Waals surface area contributed by atoms with Gasteiger partial charge in [0.15, 0.2) is 0 Å². The van der Waals surface area contributed by atoms with Gasteiger partial charge in [0.1, 0.15) is 0 Å². The lowest BCUT2D eigenvalue weighted by molar-refractivity contribution is -0.147. The average Bonchev–Trinajstić information content (AvgIpc) is 2.01. The fourth-order valence-electron chi connectivity index (χ4n) is 1.55. The Hall–Kier alpha value is -0.610. The minimum atomic E-state index is -0.902. The molecule has 0 saturated carbocycles. The summed E-state index contributed by atoms with van der Waals surface area (Å²) in [5.74, 6) is 0. The van der Waals surface area contributed by atoms with Crippen LogP contribution < -0.4 is 0 Å². The molecule has 1 N–H and O–H groups in total. The molecule has 1 saturated heterocycles. The second-order valence-corrected chi connectivity index (χ2v) is 4.12. The molecular formula is C9H17NO3. The van der Waals surface area contributed by atoms with E-state index in [-0.39, 0.29) is 12.1 Å². The topological polar surface area (TPSA) is 49.8 Å². The Morgan fingerprint density at radius 3 is 2.69 bits per heavy atom. The molecule has 0 aromatic carbocycles. The molecule has 0 bridgehead atoms. The molecule has 0 radical (unpaired) electrons. The van der Waals surface area contributed by atoms with Crippen LogP contribution in [0.5, 0.6) is 0 Å². The van der Waals surface area contributed by atoms with Crippen molar-refractivity contribution < 1.29 is 14.6 Å². The summed E-state index contributed by atoms with van der Waals surface area (Å²) in [5.41, 5.74) is -0.902. The van der Waals surface area contributed by atoms with Gasteiger partial charge >= 0.3 is 0 Å². The molecule has 1 fully saturated rings. The van der Waals surface area contributed by atoms with Gasteiger partial charge in [0.2, 0.25) is 6.41 Å². The predicted molar refractivity (Wildman–Crippen MR) is 48.3 cm³/mol. The first-order valence-corrected chi connectivity index (χ1v) is 4.50. The lowest BCUT2D eigenvalue weighted by Gasteiger charge is -2.42. The number of rotatable bonds is 2.